The van der Waals surface area contributed by atoms with Crippen LogP contribution < -0.4 is 5.73 Å². The summed E-state index contributed by atoms with van der Waals surface area (Å²) in [7, 11) is 0. The van der Waals surface area contributed by atoms with Gasteiger partial charge in [0.2, 0.25) is 6.43 Å². The largest absolute Gasteiger partial charge is 0.393 e. The molecule has 0 aromatic rings. The molecule has 118 valence electrons. The van der Waals surface area contributed by atoms with Gasteiger partial charge in [0.15, 0.2) is 12.4 Å². The Morgan fingerprint density at radius 3 is 2.76 bits per heavy atom. The second-order valence-corrected chi connectivity index (χ2v) is 4.89. The van der Waals surface area contributed by atoms with Gasteiger partial charge in [-0.05, 0) is 6.08 Å². The minimum Gasteiger partial charge on any atom is -0.393 e. The molecule has 4 N–H and O–H groups in total. The van der Waals surface area contributed by atoms with Crippen LogP contribution in [-0.2, 0) is 4.74 Å². The molecule has 1 saturated heterocycles. The first kappa shape index (κ1) is 15.8. The highest BCUT2D eigenvalue weighted by Gasteiger charge is 2.57. The first-order chi connectivity index (χ1) is 9.80. The van der Waals surface area contributed by atoms with E-state index in [1.165, 1.54) is 12.3 Å². The molecule has 0 unspecified atom stereocenters. The molecule has 6 nitrogen and oxygen atoms in total. The number of nitrogens with two attached hydrogens (primary N) is 1. The van der Waals surface area contributed by atoms with E-state index in [1.54, 1.807) is 0 Å². The van der Waals surface area contributed by atoms with Gasteiger partial charge in [0, 0.05) is 12.6 Å². The molecule has 2 aliphatic rings. The van der Waals surface area contributed by atoms with E-state index in [0.29, 0.717) is 0 Å². The summed E-state index contributed by atoms with van der Waals surface area (Å²) in [5.41, 5.74) is 3.38. The summed E-state index contributed by atoms with van der Waals surface area (Å²) >= 11 is 0. The van der Waals surface area contributed by atoms with Crippen LogP contribution in [-0.4, -0.2) is 58.1 Å². The Bertz CT molecular complexity index is 486. The van der Waals surface area contributed by atoms with E-state index in [9.17, 15) is 23.4 Å². The number of aliphatic imine (C=N–C) groups is 1. The molecule has 0 aromatic heterocycles. The van der Waals surface area contributed by atoms with Crippen molar-refractivity contribution in [3.05, 3.63) is 24.7 Å². The van der Waals surface area contributed by atoms with Crippen molar-refractivity contribution in [1.82, 2.24) is 4.90 Å². The van der Waals surface area contributed by atoms with Crippen LogP contribution in [0.5, 0.6) is 0 Å². The Labute approximate surface area is 119 Å². The monoisotopic (exact) mass is 307 g/mol. The molecule has 2 aliphatic heterocycles. The molecule has 0 radical (unpaired) electrons. The SMILES string of the molecule is C=C1N=C(N)C=CN1[C@@H]1O[C@@](CO)(CC(F)F)[C@@H](O)[C@H]1F. The maximum absolute atomic E-state index is 14.2. The zero-order valence-electron chi connectivity index (χ0n) is 11.0. The fourth-order valence-electron chi connectivity index (χ4n) is 2.38. The van der Waals surface area contributed by atoms with Gasteiger partial charge in [-0.25, -0.2) is 18.2 Å². The molecule has 0 amide bonds. The number of nitrogens with zero attached hydrogens (tertiary/aromatic N) is 2. The Hall–Kier alpha value is -1.58. The number of aliphatic hydroxyl groups excluding tert-OH is 2. The number of hydrogen-bond acceptors (Lipinski definition) is 6. The standard InChI is InChI=1S/C12H16F3N3O3/c1-6-17-8(16)2-3-18(6)11-9(15)10(20)12(5-19,21-11)4-7(13)14/h2-3,7,9-11,19-20H,1,4-5H2,(H2,16,17)/t9-,10+,11-,12-/m1/s1. The van der Waals surface area contributed by atoms with Crippen molar-refractivity contribution >= 4 is 5.84 Å². The van der Waals surface area contributed by atoms with Crippen molar-refractivity contribution in [2.75, 3.05) is 6.61 Å². The number of amidine groups is 1. The van der Waals surface area contributed by atoms with Crippen LogP contribution in [0.15, 0.2) is 29.7 Å². The molecule has 1 fully saturated rings. The first-order valence-corrected chi connectivity index (χ1v) is 6.19. The third-order valence-electron chi connectivity index (χ3n) is 3.47. The number of rotatable bonds is 4. The minimum atomic E-state index is -2.87. The number of halogens is 3. The lowest BCUT2D eigenvalue weighted by Crippen LogP contribution is -2.46. The van der Waals surface area contributed by atoms with E-state index in [1.807, 2.05) is 0 Å². The first-order valence-electron chi connectivity index (χ1n) is 6.19. The highest BCUT2D eigenvalue weighted by Crippen LogP contribution is 2.40. The quantitative estimate of drug-likeness (QED) is 0.684. The summed E-state index contributed by atoms with van der Waals surface area (Å²) < 4.78 is 44.7. The zero-order valence-corrected chi connectivity index (χ0v) is 11.0. The second kappa shape index (κ2) is 5.66. The maximum Gasteiger partial charge on any atom is 0.241 e. The van der Waals surface area contributed by atoms with Crippen LogP contribution >= 0.6 is 0 Å². The molecular formula is C12H16F3N3O3. The summed E-state index contributed by atoms with van der Waals surface area (Å²) in [4.78, 5) is 4.93. The number of hydrogen-bond donors (Lipinski definition) is 3. The molecule has 0 aromatic carbocycles. The number of alkyl halides is 3. The van der Waals surface area contributed by atoms with Gasteiger partial charge in [-0.2, -0.15) is 0 Å². The van der Waals surface area contributed by atoms with Gasteiger partial charge in [-0.15, -0.1) is 0 Å². The fourth-order valence-corrected chi connectivity index (χ4v) is 2.38. The van der Waals surface area contributed by atoms with Crippen LogP contribution in [0.3, 0.4) is 0 Å². The van der Waals surface area contributed by atoms with Crippen LogP contribution in [0.4, 0.5) is 13.2 Å². The molecule has 9 heteroatoms. The predicted octanol–water partition coefficient (Wildman–Crippen LogP) is 0.0857. The summed E-state index contributed by atoms with van der Waals surface area (Å²) in [6.45, 7) is 2.61. The van der Waals surface area contributed by atoms with Gasteiger partial charge in [-0.1, -0.05) is 6.58 Å². The van der Waals surface area contributed by atoms with Gasteiger partial charge < -0.3 is 25.6 Å². The van der Waals surface area contributed by atoms with Crippen molar-refractivity contribution < 1.29 is 28.1 Å². The predicted molar refractivity (Wildman–Crippen MR) is 68.0 cm³/mol. The van der Waals surface area contributed by atoms with Crippen LogP contribution in [0.1, 0.15) is 6.42 Å². The molecule has 0 aliphatic carbocycles. The van der Waals surface area contributed by atoms with E-state index in [0.717, 1.165) is 4.90 Å². The maximum atomic E-state index is 14.2. The van der Waals surface area contributed by atoms with Crippen molar-refractivity contribution in [3.8, 4) is 0 Å². The second-order valence-electron chi connectivity index (χ2n) is 4.89. The van der Waals surface area contributed by atoms with Crippen molar-refractivity contribution in [2.45, 2.75) is 37.0 Å². The molecule has 0 bridgehead atoms. The van der Waals surface area contributed by atoms with Gasteiger partial charge in [0.25, 0.3) is 0 Å². The smallest absolute Gasteiger partial charge is 0.241 e. The molecule has 2 rings (SSSR count). The third-order valence-corrected chi connectivity index (χ3v) is 3.47. The van der Waals surface area contributed by atoms with E-state index in [2.05, 4.69) is 11.6 Å². The Kier molecular flexibility index (Phi) is 4.26. The Morgan fingerprint density at radius 1 is 1.57 bits per heavy atom. The molecule has 4 atom stereocenters. The summed E-state index contributed by atoms with van der Waals surface area (Å²) in [5, 5.41) is 19.1. The lowest BCUT2D eigenvalue weighted by molar-refractivity contribution is -0.154. The van der Waals surface area contributed by atoms with Gasteiger partial charge in [0.05, 0.1) is 6.61 Å². The average Bonchev–Trinajstić information content (AvgIpc) is 2.64. The van der Waals surface area contributed by atoms with E-state index in [-0.39, 0.29) is 11.7 Å². The Morgan fingerprint density at radius 2 is 2.24 bits per heavy atom. The minimum absolute atomic E-state index is 0.0423. The zero-order chi connectivity index (χ0) is 15.8. The fraction of sp³-hybridized carbons (Fsp3) is 0.583. The molecule has 21 heavy (non-hydrogen) atoms. The average molecular weight is 307 g/mol. The van der Waals surface area contributed by atoms with E-state index in [4.69, 9.17) is 10.5 Å². The summed E-state index contributed by atoms with van der Waals surface area (Å²) in [5.74, 6) is 0.187. The Balaban J connectivity index is 2.24. The van der Waals surface area contributed by atoms with E-state index < -0.39 is 43.6 Å². The highest BCUT2D eigenvalue weighted by molar-refractivity contribution is 5.92. The lowest BCUT2D eigenvalue weighted by Gasteiger charge is -2.32. The summed E-state index contributed by atoms with van der Waals surface area (Å²) in [6.07, 6.45) is -6.53. The van der Waals surface area contributed by atoms with Crippen LogP contribution in [0.2, 0.25) is 0 Å². The van der Waals surface area contributed by atoms with Crippen LogP contribution in [0, 0.1) is 0 Å². The molecule has 0 spiro atoms. The normalized spacial score (nSPS) is 36.5. The number of ether oxygens (including phenoxy) is 1. The topological polar surface area (TPSA) is 91.3 Å². The third kappa shape index (κ3) is 2.76. The number of aliphatic hydroxyl groups is 2. The van der Waals surface area contributed by atoms with Crippen LogP contribution in [0.25, 0.3) is 0 Å². The lowest BCUT2D eigenvalue weighted by atomic mass is 9.93. The highest BCUT2D eigenvalue weighted by atomic mass is 19.3. The van der Waals surface area contributed by atoms with Crippen molar-refractivity contribution in [1.29, 1.82) is 0 Å². The van der Waals surface area contributed by atoms with Gasteiger partial charge >= 0.3 is 0 Å². The summed E-state index contributed by atoms with van der Waals surface area (Å²) in [6, 6.07) is 0. The van der Waals surface area contributed by atoms with Gasteiger partial charge in [0.1, 0.15) is 23.4 Å². The van der Waals surface area contributed by atoms with Gasteiger partial charge in [-0.3, -0.25) is 0 Å². The van der Waals surface area contributed by atoms with Crippen molar-refractivity contribution in [2.24, 2.45) is 10.7 Å². The molecule has 0 saturated carbocycles. The molecular weight excluding hydrogens is 291 g/mol. The molecule has 2 heterocycles. The van der Waals surface area contributed by atoms with Crippen molar-refractivity contribution in [3.63, 3.8) is 0 Å². The van der Waals surface area contributed by atoms with E-state index >= 15 is 0 Å².